The van der Waals surface area contributed by atoms with E-state index in [0.29, 0.717) is 29.2 Å². The van der Waals surface area contributed by atoms with Crippen molar-refractivity contribution in [1.82, 2.24) is 5.43 Å². The minimum atomic E-state index is -4.60. The highest BCUT2D eigenvalue weighted by atomic mass is 32.2. The highest BCUT2D eigenvalue weighted by Crippen LogP contribution is 2.30. The molecule has 3 rings (SSSR count). The summed E-state index contributed by atoms with van der Waals surface area (Å²) < 4.78 is 78.8. The number of hydrogen-bond donors (Lipinski definition) is 1. The van der Waals surface area contributed by atoms with Crippen molar-refractivity contribution in [3.05, 3.63) is 83.4 Å². The van der Waals surface area contributed by atoms with Gasteiger partial charge in [0.15, 0.2) is 5.75 Å². The Kier molecular flexibility index (Phi) is 8.20. The molecule has 0 saturated carbocycles. The maximum atomic E-state index is 12.7. The number of methoxy groups -OCH3 is 2. The number of rotatable bonds is 9. The highest BCUT2D eigenvalue weighted by Gasteiger charge is 2.31. The van der Waals surface area contributed by atoms with Gasteiger partial charge in [0.05, 0.1) is 32.4 Å². The molecule has 0 spiro atoms. The number of carbonyl (C=O) groups excluding carboxylic acids is 1. The number of hydrogen-bond acceptors (Lipinski definition) is 7. The summed E-state index contributed by atoms with van der Waals surface area (Å²) in [6.45, 7) is 0. The number of nitrogens with zero attached hydrogens (tertiary/aromatic N) is 1. The van der Waals surface area contributed by atoms with E-state index in [0.717, 1.165) is 12.1 Å². The normalized spacial score (nSPS) is 11.8. The first-order valence-corrected chi connectivity index (χ1v) is 11.7. The minimum absolute atomic E-state index is 0.0364. The molecule has 0 radical (unpaired) electrons. The van der Waals surface area contributed by atoms with Crippen LogP contribution in [0.4, 0.5) is 13.2 Å². The number of benzene rings is 3. The lowest BCUT2D eigenvalue weighted by Gasteiger charge is -2.11. The molecule has 190 valence electrons. The number of hydrazone groups is 1. The van der Waals surface area contributed by atoms with Gasteiger partial charge in [0.25, 0.3) is 0 Å². The van der Waals surface area contributed by atoms with E-state index in [9.17, 15) is 26.4 Å². The van der Waals surface area contributed by atoms with Crippen molar-refractivity contribution < 1.29 is 40.0 Å². The molecule has 0 saturated heterocycles. The summed E-state index contributed by atoms with van der Waals surface area (Å²) in [5.41, 5.74) is 2.17. The van der Waals surface area contributed by atoms with Gasteiger partial charge in [-0.1, -0.05) is 12.1 Å². The molecule has 8 nitrogen and oxygen atoms in total. The van der Waals surface area contributed by atoms with Gasteiger partial charge in [-0.15, -0.1) is 0 Å². The number of carbonyl (C=O) groups is 1. The molecule has 1 N–H and O–H groups in total. The number of halogens is 3. The second-order valence-corrected chi connectivity index (χ2v) is 8.83. The van der Waals surface area contributed by atoms with E-state index < -0.39 is 32.7 Å². The van der Waals surface area contributed by atoms with Crippen LogP contribution in [0.1, 0.15) is 16.7 Å². The third-order valence-electron chi connectivity index (χ3n) is 4.76. The maximum absolute atomic E-state index is 12.7. The Bertz CT molecular complexity index is 1330. The third kappa shape index (κ3) is 6.98. The lowest BCUT2D eigenvalue weighted by Crippen LogP contribution is -2.20. The fourth-order valence-corrected chi connectivity index (χ4v) is 3.96. The van der Waals surface area contributed by atoms with Crippen molar-refractivity contribution in [3.8, 4) is 17.2 Å². The number of ether oxygens (including phenoxy) is 2. The predicted molar refractivity (Wildman–Crippen MR) is 125 cm³/mol. The molecule has 0 unspecified atom stereocenters. The van der Waals surface area contributed by atoms with Crippen LogP contribution in [0.15, 0.2) is 76.7 Å². The Labute approximate surface area is 205 Å². The predicted octanol–water partition coefficient (Wildman–Crippen LogP) is 4.18. The Morgan fingerprint density at radius 3 is 2.17 bits per heavy atom. The first kappa shape index (κ1) is 26.5. The fraction of sp³-hybridized carbons (Fsp3) is 0.167. The second kappa shape index (κ2) is 11.1. The second-order valence-electron chi connectivity index (χ2n) is 7.29. The average molecular weight is 523 g/mol. The van der Waals surface area contributed by atoms with Crippen molar-refractivity contribution in [2.24, 2.45) is 5.10 Å². The molecule has 0 aliphatic heterocycles. The molecule has 0 aromatic heterocycles. The van der Waals surface area contributed by atoms with Gasteiger partial charge in [0.1, 0.15) is 16.4 Å². The molecule has 0 fully saturated rings. The van der Waals surface area contributed by atoms with Crippen LogP contribution >= 0.6 is 0 Å². The van der Waals surface area contributed by atoms with E-state index in [1.165, 1.54) is 38.6 Å². The van der Waals surface area contributed by atoms with Crippen molar-refractivity contribution in [1.29, 1.82) is 0 Å². The van der Waals surface area contributed by atoms with Crippen LogP contribution in [0.3, 0.4) is 0 Å². The highest BCUT2D eigenvalue weighted by molar-refractivity contribution is 7.87. The van der Waals surface area contributed by atoms with Gasteiger partial charge in [-0.3, -0.25) is 4.79 Å². The zero-order chi connectivity index (χ0) is 26.3. The standard InChI is InChI=1S/C24H21F3N2O6S/c1-33-19-11-16(12-20(14-19)34-2)13-23(30)29-28-15-17-5-3-4-6-22(17)35-36(31,32)21-9-7-18(8-10-21)24(25,26)27/h3-12,14-15H,13H2,1-2H3,(H,29,30). The van der Waals surface area contributed by atoms with Crippen LogP contribution in [0.2, 0.25) is 0 Å². The Hall–Kier alpha value is -4.06. The SMILES string of the molecule is COc1cc(CC(=O)NN=Cc2ccccc2OS(=O)(=O)c2ccc(C(F)(F)F)cc2)cc(OC)c1. The smallest absolute Gasteiger partial charge is 0.416 e. The fourth-order valence-electron chi connectivity index (χ4n) is 3.01. The molecule has 0 bridgehead atoms. The summed E-state index contributed by atoms with van der Waals surface area (Å²) in [7, 11) is -1.46. The number of para-hydroxylation sites is 1. The van der Waals surface area contributed by atoms with Crippen molar-refractivity contribution in [2.75, 3.05) is 14.2 Å². The van der Waals surface area contributed by atoms with Gasteiger partial charge in [0, 0.05) is 11.6 Å². The summed E-state index contributed by atoms with van der Waals surface area (Å²) in [4.78, 5) is 11.8. The Morgan fingerprint density at radius 1 is 0.972 bits per heavy atom. The summed E-state index contributed by atoms with van der Waals surface area (Å²) in [6.07, 6.45) is -3.46. The van der Waals surface area contributed by atoms with Gasteiger partial charge < -0.3 is 13.7 Å². The summed E-state index contributed by atoms with van der Waals surface area (Å²) >= 11 is 0. The molecular weight excluding hydrogens is 501 g/mol. The lowest BCUT2D eigenvalue weighted by molar-refractivity contribution is -0.137. The van der Waals surface area contributed by atoms with Gasteiger partial charge in [-0.25, -0.2) is 5.43 Å². The van der Waals surface area contributed by atoms with Crippen LogP contribution in [0, 0.1) is 0 Å². The topological polar surface area (TPSA) is 103 Å². The Balaban J connectivity index is 1.70. The van der Waals surface area contributed by atoms with Crippen molar-refractivity contribution in [2.45, 2.75) is 17.5 Å². The first-order chi connectivity index (χ1) is 17.0. The molecule has 0 aliphatic rings. The van der Waals surface area contributed by atoms with E-state index in [1.54, 1.807) is 24.3 Å². The van der Waals surface area contributed by atoms with Gasteiger partial charge in [0.2, 0.25) is 5.91 Å². The number of nitrogens with one attached hydrogen (secondary N) is 1. The summed E-state index contributed by atoms with van der Waals surface area (Å²) in [5.74, 6) is 0.437. The first-order valence-electron chi connectivity index (χ1n) is 10.3. The third-order valence-corrected chi connectivity index (χ3v) is 6.01. The van der Waals surface area contributed by atoms with Gasteiger partial charge in [-0.05, 0) is 54.1 Å². The molecule has 0 heterocycles. The molecule has 0 atom stereocenters. The molecule has 3 aromatic rings. The van der Waals surface area contributed by atoms with Crippen LogP contribution in [0.5, 0.6) is 17.2 Å². The quantitative estimate of drug-likeness (QED) is 0.257. The van der Waals surface area contributed by atoms with Crippen LogP contribution < -0.4 is 19.1 Å². The van der Waals surface area contributed by atoms with Gasteiger partial charge in [-0.2, -0.15) is 26.7 Å². The average Bonchev–Trinajstić information content (AvgIpc) is 2.84. The lowest BCUT2D eigenvalue weighted by atomic mass is 10.1. The molecule has 3 aromatic carbocycles. The molecule has 0 aliphatic carbocycles. The Morgan fingerprint density at radius 2 is 1.58 bits per heavy atom. The van der Waals surface area contributed by atoms with Crippen molar-refractivity contribution in [3.63, 3.8) is 0 Å². The monoisotopic (exact) mass is 522 g/mol. The van der Waals surface area contributed by atoms with E-state index >= 15 is 0 Å². The summed E-state index contributed by atoms with van der Waals surface area (Å²) in [5, 5.41) is 3.84. The van der Waals surface area contributed by atoms with E-state index in [-0.39, 0.29) is 17.7 Å². The van der Waals surface area contributed by atoms with Crippen LogP contribution in [-0.4, -0.2) is 34.8 Å². The largest absolute Gasteiger partial charge is 0.497 e. The zero-order valence-corrected chi connectivity index (χ0v) is 19.9. The summed E-state index contributed by atoms with van der Waals surface area (Å²) in [6, 6.07) is 13.8. The van der Waals surface area contributed by atoms with Crippen LogP contribution in [0.25, 0.3) is 0 Å². The van der Waals surface area contributed by atoms with Crippen LogP contribution in [-0.2, 0) is 27.5 Å². The van der Waals surface area contributed by atoms with E-state index in [1.807, 2.05) is 0 Å². The zero-order valence-electron chi connectivity index (χ0n) is 19.1. The molecule has 36 heavy (non-hydrogen) atoms. The minimum Gasteiger partial charge on any atom is -0.497 e. The van der Waals surface area contributed by atoms with E-state index in [4.69, 9.17) is 13.7 Å². The molecule has 1 amide bonds. The number of amides is 1. The van der Waals surface area contributed by atoms with Gasteiger partial charge >= 0.3 is 16.3 Å². The van der Waals surface area contributed by atoms with Crippen molar-refractivity contribution >= 4 is 22.2 Å². The maximum Gasteiger partial charge on any atom is 0.416 e. The number of alkyl halides is 3. The molecule has 12 heteroatoms. The van der Waals surface area contributed by atoms with E-state index in [2.05, 4.69) is 10.5 Å². The molecular formula is C24H21F3N2O6S.